The highest BCUT2D eigenvalue weighted by atomic mass is 16.5. The van der Waals surface area contributed by atoms with Gasteiger partial charge in [-0.05, 0) is 27.2 Å². The first kappa shape index (κ1) is 9.55. The summed E-state index contributed by atoms with van der Waals surface area (Å²) in [5.41, 5.74) is 0. The zero-order chi connectivity index (χ0) is 8.97. The maximum Gasteiger partial charge on any atom is 0.110 e. The van der Waals surface area contributed by atoms with E-state index in [4.69, 9.17) is 4.74 Å². The molecule has 0 radical (unpaired) electrons. The molecule has 1 atom stereocenters. The Morgan fingerprint density at radius 2 is 2.42 bits per heavy atom. The Hall–Kier alpha value is -0.540. The number of rotatable bonds is 4. The highest BCUT2D eigenvalue weighted by molar-refractivity contribution is 5.07. The topological polar surface area (TPSA) is 24.5 Å². The van der Waals surface area contributed by atoms with Gasteiger partial charge in [0.15, 0.2) is 0 Å². The summed E-state index contributed by atoms with van der Waals surface area (Å²) in [4.78, 5) is 2.16. The smallest absolute Gasteiger partial charge is 0.110 e. The predicted molar refractivity (Wildman–Crippen MR) is 50.1 cm³/mol. The molecule has 0 aromatic carbocycles. The van der Waals surface area contributed by atoms with Gasteiger partial charge in [0.05, 0.1) is 12.6 Å². The van der Waals surface area contributed by atoms with Crippen LogP contribution in [0.1, 0.15) is 6.42 Å². The van der Waals surface area contributed by atoms with Crippen LogP contribution in [0.15, 0.2) is 11.8 Å². The molecule has 12 heavy (non-hydrogen) atoms. The van der Waals surface area contributed by atoms with Crippen molar-refractivity contribution in [1.82, 2.24) is 10.2 Å². The van der Waals surface area contributed by atoms with Crippen LogP contribution >= 0.6 is 0 Å². The number of likely N-dealkylation sites (N-methyl/N-ethyl adjacent to an activating group) is 2. The van der Waals surface area contributed by atoms with E-state index in [-0.39, 0.29) is 0 Å². The molecule has 0 amide bonds. The lowest BCUT2D eigenvalue weighted by Gasteiger charge is -2.21. The van der Waals surface area contributed by atoms with Gasteiger partial charge in [0.2, 0.25) is 0 Å². The van der Waals surface area contributed by atoms with Crippen LogP contribution in [0.2, 0.25) is 0 Å². The largest absolute Gasteiger partial charge is 0.496 e. The van der Waals surface area contributed by atoms with Crippen molar-refractivity contribution in [3.63, 3.8) is 0 Å². The molecule has 0 aromatic rings. The SMILES string of the molecule is CNC(CN(C)C)C1=CCCO1. The molecule has 1 heterocycles. The average molecular weight is 170 g/mol. The van der Waals surface area contributed by atoms with Crippen molar-refractivity contribution < 1.29 is 4.74 Å². The number of hydrogen-bond donors (Lipinski definition) is 1. The minimum absolute atomic E-state index is 0.350. The molecule has 0 aliphatic carbocycles. The normalized spacial score (nSPS) is 19.2. The minimum Gasteiger partial charge on any atom is -0.496 e. The van der Waals surface area contributed by atoms with Crippen LogP contribution in [0.4, 0.5) is 0 Å². The second-order valence-corrected chi connectivity index (χ2v) is 3.35. The molecule has 0 saturated heterocycles. The van der Waals surface area contributed by atoms with E-state index in [1.165, 1.54) is 0 Å². The Morgan fingerprint density at radius 3 is 2.83 bits per heavy atom. The lowest BCUT2D eigenvalue weighted by Crippen LogP contribution is -2.37. The van der Waals surface area contributed by atoms with Crippen molar-refractivity contribution in [2.24, 2.45) is 0 Å². The molecule has 0 bridgehead atoms. The van der Waals surface area contributed by atoms with Crippen molar-refractivity contribution in [3.05, 3.63) is 11.8 Å². The summed E-state index contributed by atoms with van der Waals surface area (Å²) in [5.74, 6) is 1.10. The van der Waals surface area contributed by atoms with Crippen molar-refractivity contribution in [2.75, 3.05) is 34.3 Å². The molecular weight excluding hydrogens is 152 g/mol. The van der Waals surface area contributed by atoms with E-state index in [2.05, 4.69) is 30.4 Å². The number of hydrogen-bond acceptors (Lipinski definition) is 3. The molecule has 3 heteroatoms. The summed E-state index contributed by atoms with van der Waals surface area (Å²) in [6.45, 7) is 1.84. The van der Waals surface area contributed by atoms with Gasteiger partial charge in [-0.25, -0.2) is 0 Å². The maximum absolute atomic E-state index is 5.48. The number of nitrogens with zero attached hydrogens (tertiary/aromatic N) is 1. The van der Waals surface area contributed by atoms with E-state index in [0.29, 0.717) is 6.04 Å². The first-order chi connectivity index (χ1) is 5.74. The van der Waals surface area contributed by atoms with Gasteiger partial charge in [-0.1, -0.05) is 0 Å². The Morgan fingerprint density at radius 1 is 1.67 bits per heavy atom. The van der Waals surface area contributed by atoms with E-state index in [1.807, 2.05) is 7.05 Å². The lowest BCUT2D eigenvalue weighted by atomic mass is 10.2. The van der Waals surface area contributed by atoms with Gasteiger partial charge in [0.25, 0.3) is 0 Å². The van der Waals surface area contributed by atoms with Gasteiger partial charge in [-0.15, -0.1) is 0 Å². The first-order valence-electron chi connectivity index (χ1n) is 4.39. The van der Waals surface area contributed by atoms with Gasteiger partial charge in [0, 0.05) is 13.0 Å². The Balaban J connectivity index is 2.43. The summed E-state index contributed by atoms with van der Waals surface area (Å²) >= 11 is 0. The van der Waals surface area contributed by atoms with E-state index in [1.54, 1.807) is 0 Å². The molecule has 1 unspecified atom stereocenters. The highest BCUT2D eigenvalue weighted by Crippen LogP contribution is 2.13. The zero-order valence-corrected chi connectivity index (χ0v) is 8.13. The fourth-order valence-corrected chi connectivity index (χ4v) is 1.37. The van der Waals surface area contributed by atoms with Crippen molar-refractivity contribution in [1.29, 1.82) is 0 Å². The average Bonchev–Trinajstić information content (AvgIpc) is 2.51. The third-order valence-electron chi connectivity index (χ3n) is 1.97. The van der Waals surface area contributed by atoms with Gasteiger partial charge in [-0.3, -0.25) is 0 Å². The fraction of sp³-hybridized carbons (Fsp3) is 0.778. The van der Waals surface area contributed by atoms with Gasteiger partial charge in [-0.2, -0.15) is 0 Å². The van der Waals surface area contributed by atoms with Crippen molar-refractivity contribution >= 4 is 0 Å². The maximum atomic E-state index is 5.48. The third kappa shape index (κ3) is 2.50. The van der Waals surface area contributed by atoms with E-state index in [0.717, 1.165) is 25.3 Å². The summed E-state index contributed by atoms with van der Waals surface area (Å²) in [6.07, 6.45) is 3.23. The summed E-state index contributed by atoms with van der Waals surface area (Å²) in [6, 6.07) is 0.350. The molecular formula is C9H18N2O. The monoisotopic (exact) mass is 170 g/mol. The molecule has 70 valence electrons. The summed E-state index contributed by atoms with van der Waals surface area (Å²) in [5, 5.41) is 3.24. The molecule has 3 nitrogen and oxygen atoms in total. The lowest BCUT2D eigenvalue weighted by molar-refractivity contribution is 0.203. The number of nitrogens with one attached hydrogen (secondary N) is 1. The van der Waals surface area contributed by atoms with Crippen molar-refractivity contribution in [2.45, 2.75) is 12.5 Å². The molecule has 1 rings (SSSR count). The quantitative estimate of drug-likeness (QED) is 0.662. The zero-order valence-electron chi connectivity index (χ0n) is 8.13. The second kappa shape index (κ2) is 4.48. The molecule has 0 fully saturated rings. The molecule has 1 aliphatic heterocycles. The Bertz CT molecular complexity index is 166. The molecule has 0 spiro atoms. The standard InChI is InChI=1S/C9H18N2O/c1-10-8(7-11(2)3)9-5-4-6-12-9/h5,8,10H,4,6-7H2,1-3H3. The fourth-order valence-electron chi connectivity index (χ4n) is 1.37. The minimum atomic E-state index is 0.350. The Kier molecular flexibility index (Phi) is 3.56. The molecule has 1 N–H and O–H groups in total. The number of ether oxygens (including phenoxy) is 1. The van der Waals surface area contributed by atoms with Gasteiger partial charge in [0.1, 0.15) is 5.76 Å². The van der Waals surface area contributed by atoms with Crippen LogP contribution in [0.5, 0.6) is 0 Å². The van der Waals surface area contributed by atoms with E-state index in [9.17, 15) is 0 Å². The van der Waals surface area contributed by atoms with E-state index >= 15 is 0 Å². The van der Waals surface area contributed by atoms with E-state index < -0.39 is 0 Å². The highest BCUT2D eigenvalue weighted by Gasteiger charge is 2.17. The van der Waals surface area contributed by atoms with Crippen LogP contribution in [0, 0.1) is 0 Å². The summed E-state index contributed by atoms with van der Waals surface area (Å²) in [7, 11) is 6.11. The van der Waals surface area contributed by atoms with Crippen LogP contribution in [-0.4, -0.2) is 45.2 Å². The van der Waals surface area contributed by atoms with Crippen LogP contribution < -0.4 is 5.32 Å². The molecule has 1 aliphatic rings. The van der Waals surface area contributed by atoms with Crippen LogP contribution in [0.3, 0.4) is 0 Å². The third-order valence-corrected chi connectivity index (χ3v) is 1.97. The Labute approximate surface area is 74.4 Å². The van der Waals surface area contributed by atoms with Crippen molar-refractivity contribution in [3.8, 4) is 0 Å². The summed E-state index contributed by atoms with van der Waals surface area (Å²) < 4.78 is 5.48. The van der Waals surface area contributed by atoms with Gasteiger partial charge >= 0.3 is 0 Å². The van der Waals surface area contributed by atoms with Crippen LogP contribution in [-0.2, 0) is 4.74 Å². The second-order valence-electron chi connectivity index (χ2n) is 3.35. The molecule has 0 saturated carbocycles. The molecule has 0 aromatic heterocycles. The predicted octanol–water partition coefficient (Wildman–Crippen LogP) is 0.440. The first-order valence-corrected chi connectivity index (χ1v) is 4.39. The van der Waals surface area contributed by atoms with Crippen LogP contribution in [0.25, 0.3) is 0 Å². The van der Waals surface area contributed by atoms with Gasteiger partial charge < -0.3 is 15.0 Å².